The number of amides is 1. The van der Waals surface area contributed by atoms with E-state index in [0.717, 1.165) is 27.7 Å². The number of hydrogen-bond acceptors (Lipinski definition) is 3. The molecule has 5 heteroatoms. The van der Waals surface area contributed by atoms with Gasteiger partial charge in [0.1, 0.15) is 0 Å². The number of carbonyl (C=O) groups is 1. The molecular weight excluding hydrogens is 264 g/mol. The van der Waals surface area contributed by atoms with Crippen LogP contribution in [0.5, 0.6) is 0 Å². The molecular formula is C16H16N4O. The van der Waals surface area contributed by atoms with Crippen molar-refractivity contribution in [2.24, 2.45) is 5.73 Å². The first kappa shape index (κ1) is 13.3. The number of hydrogen-bond donors (Lipinski definition) is 3. The Bertz CT molecular complexity index is 807. The quantitative estimate of drug-likeness (QED) is 0.689. The summed E-state index contributed by atoms with van der Waals surface area (Å²) in [5, 5.41) is 10.6. The van der Waals surface area contributed by atoms with Crippen molar-refractivity contribution >= 4 is 22.5 Å². The fraction of sp³-hybridized carbons (Fsp3) is 0.125. The first-order valence-corrected chi connectivity index (χ1v) is 6.71. The van der Waals surface area contributed by atoms with Crippen LogP contribution in [0.1, 0.15) is 21.5 Å². The molecule has 0 saturated carbocycles. The zero-order chi connectivity index (χ0) is 14.8. The molecule has 4 N–H and O–H groups in total. The normalized spacial score (nSPS) is 10.8. The number of anilines is 1. The highest BCUT2D eigenvalue weighted by Gasteiger charge is 2.11. The Morgan fingerprint density at radius 2 is 2.19 bits per heavy atom. The molecule has 0 aliphatic rings. The summed E-state index contributed by atoms with van der Waals surface area (Å²) >= 11 is 0. The van der Waals surface area contributed by atoms with Gasteiger partial charge in [-0.25, -0.2) is 0 Å². The number of H-pyrrole nitrogens is 1. The maximum absolute atomic E-state index is 12.5. The van der Waals surface area contributed by atoms with Gasteiger partial charge in [0.2, 0.25) is 0 Å². The molecule has 1 heterocycles. The predicted molar refractivity (Wildman–Crippen MR) is 83.1 cm³/mol. The van der Waals surface area contributed by atoms with E-state index in [0.29, 0.717) is 12.1 Å². The molecule has 0 spiro atoms. The summed E-state index contributed by atoms with van der Waals surface area (Å²) in [5.41, 5.74) is 9.91. The van der Waals surface area contributed by atoms with Crippen molar-refractivity contribution in [3.63, 3.8) is 0 Å². The number of rotatable bonds is 3. The van der Waals surface area contributed by atoms with Crippen LogP contribution in [0.3, 0.4) is 0 Å². The molecule has 3 rings (SSSR count). The molecule has 21 heavy (non-hydrogen) atoms. The summed E-state index contributed by atoms with van der Waals surface area (Å²) in [4.78, 5) is 12.5. The number of carbonyl (C=O) groups excluding carboxylic acids is 1. The van der Waals surface area contributed by atoms with E-state index in [9.17, 15) is 4.79 Å². The second-order valence-corrected chi connectivity index (χ2v) is 5.00. The smallest absolute Gasteiger partial charge is 0.256 e. The fourth-order valence-corrected chi connectivity index (χ4v) is 2.42. The van der Waals surface area contributed by atoms with Gasteiger partial charge in [-0.05, 0) is 42.3 Å². The number of nitrogens with one attached hydrogen (secondary N) is 2. The second kappa shape index (κ2) is 5.38. The Balaban J connectivity index is 1.93. The molecule has 5 nitrogen and oxygen atoms in total. The van der Waals surface area contributed by atoms with Gasteiger partial charge >= 0.3 is 0 Å². The van der Waals surface area contributed by atoms with Crippen LogP contribution in [0.15, 0.2) is 42.6 Å². The lowest BCUT2D eigenvalue weighted by molar-refractivity contribution is 0.102. The van der Waals surface area contributed by atoms with Crippen molar-refractivity contribution < 1.29 is 4.79 Å². The van der Waals surface area contributed by atoms with E-state index in [1.54, 1.807) is 12.3 Å². The van der Waals surface area contributed by atoms with Crippen LogP contribution in [0, 0.1) is 6.92 Å². The van der Waals surface area contributed by atoms with E-state index >= 15 is 0 Å². The first-order valence-electron chi connectivity index (χ1n) is 6.71. The van der Waals surface area contributed by atoms with Crippen LogP contribution in [0.4, 0.5) is 5.69 Å². The highest BCUT2D eigenvalue weighted by molar-refractivity contribution is 6.12. The number of nitrogens with zero attached hydrogens (tertiary/aromatic N) is 1. The van der Waals surface area contributed by atoms with Crippen molar-refractivity contribution in [3.8, 4) is 0 Å². The molecule has 2 aromatic carbocycles. The average Bonchev–Trinajstić information content (AvgIpc) is 2.94. The molecule has 0 atom stereocenters. The number of fused-ring (bicyclic) bond motifs is 1. The molecule has 0 radical (unpaired) electrons. The number of aryl methyl sites for hydroxylation is 1. The van der Waals surface area contributed by atoms with Crippen LogP contribution in [-0.2, 0) is 6.54 Å². The van der Waals surface area contributed by atoms with E-state index in [4.69, 9.17) is 5.73 Å². The standard InChI is InChI=1S/C16H16N4O/c1-10-5-11(8-17)7-12(6-10)19-16(21)13-3-2-4-15-14(13)9-18-20-15/h2-7,9H,8,17H2,1H3,(H,18,20)(H,19,21). The van der Waals surface area contributed by atoms with E-state index < -0.39 is 0 Å². The van der Waals surface area contributed by atoms with Gasteiger partial charge in [0.05, 0.1) is 17.3 Å². The molecule has 0 bridgehead atoms. The van der Waals surface area contributed by atoms with Crippen molar-refractivity contribution in [3.05, 3.63) is 59.3 Å². The summed E-state index contributed by atoms with van der Waals surface area (Å²) in [6.45, 7) is 2.42. The summed E-state index contributed by atoms with van der Waals surface area (Å²) in [6, 6.07) is 11.3. The highest BCUT2D eigenvalue weighted by atomic mass is 16.1. The number of aromatic amines is 1. The van der Waals surface area contributed by atoms with E-state index in [2.05, 4.69) is 15.5 Å². The Morgan fingerprint density at radius 1 is 1.33 bits per heavy atom. The number of aromatic nitrogens is 2. The van der Waals surface area contributed by atoms with E-state index in [1.165, 1.54) is 0 Å². The van der Waals surface area contributed by atoms with Crippen LogP contribution in [-0.4, -0.2) is 16.1 Å². The van der Waals surface area contributed by atoms with Crippen LogP contribution in [0.2, 0.25) is 0 Å². The van der Waals surface area contributed by atoms with Crippen molar-refractivity contribution in [2.45, 2.75) is 13.5 Å². The van der Waals surface area contributed by atoms with Gasteiger partial charge in [0.25, 0.3) is 5.91 Å². The summed E-state index contributed by atoms with van der Waals surface area (Å²) in [7, 11) is 0. The zero-order valence-electron chi connectivity index (χ0n) is 11.7. The maximum atomic E-state index is 12.5. The third-order valence-corrected chi connectivity index (χ3v) is 3.36. The predicted octanol–water partition coefficient (Wildman–Crippen LogP) is 2.58. The van der Waals surface area contributed by atoms with Gasteiger partial charge in [-0.1, -0.05) is 12.1 Å². The minimum absolute atomic E-state index is 0.157. The molecule has 0 aliphatic carbocycles. The molecule has 1 aromatic heterocycles. The zero-order valence-corrected chi connectivity index (χ0v) is 11.7. The minimum atomic E-state index is -0.157. The SMILES string of the molecule is Cc1cc(CN)cc(NC(=O)c2cccc3[nH]ncc23)c1. The number of benzene rings is 2. The largest absolute Gasteiger partial charge is 0.326 e. The first-order chi connectivity index (χ1) is 10.2. The van der Waals surface area contributed by atoms with Crippen LogP contribution in [0.25, 0.3) is 10.9 Å². The molecule has 0 unspecified atom stereocenters. The van der Waals surface area contributed by atoms with Crippen molar-refractivity contribution in [2.75, 3.05) is 5.32 Å². The molecule has 0 fully saturated rings. The van der Waals surface area contributed by atoms with E-state index in [1.807, 2.05) is 37.3 Å². The summed E-state index contributed by atoms with van der Waals surface area (Å²) in [5.74, 6) is -0.157. The molecule has 1 amide bonds. The van der Waals surface area contributed by atoms with Gasteiger partial charge in [-0.15, -0.1) is 0 Å². The molecule has 0 aliphatic heterocycles. The minimum Gasteiger partial charge on any atom is -0.326 e. The van der Waals surface area contributed by atoms with Gasteiger partial charge < -0.3 is 11.1 Å². The fourth-order valence-electron chi connectivity index (χ4n) is 2.42. The summed E-state index contributed by atoms with van der Waals surface area (Å²) in [6.07, 6.45) is 1.66. The molecule has 0 saturated heterocycles. The maximum Gasteiger partial charge on any atom is 0.256 e. The van der Waals surface area contributed by atoms with Gasteiger partial charge in [-0.2, -0.15) is 5.10 Å². The lowest BCUT2D eigenvalue weighted by Crippen LogP contribution is -2.12. The summed E-state index contributed by atoms with van der Waals surface area (Å²) < 4.78 is 0. The third-order valence-electron chi connectivity index (χ3n) is 3.36. The Hall–Kier alpha value is -2.66. The lowest BCUT2D eigenvalue weighted by Gasteiger charge is -2.09. The highest BCUT2D eigenvalue weighted by Crippen LogP contribution is 2.19. The van der Waals surface area contributed by atoms with Gasteiger partial charge in [0.15, 0.2) is 0 Å². The second-order valence-electron chi connectivity index (χ2n) is 5.00. The monoisotopic (exact) mass is 280 g/mol. The van der Waals surface area contributed by atoms with Crippen LogP contribution < -0.4 is 11.1 Å². The van der Waals surface area contributed by atoms with Gasteiger partial charge in [0, 0.05) is 17.6 Å². The van der Waals surface area contributed by atoms with Crippen molar-refractivity contribution in [1.82, 2.24) is 10.2 Å². The number of nitrogens with two attached hydrogens (primary N) is 1. The van der Waals surface area contributed by atoms with Gasteiger partial charge in [-0.3, -0.25) is 9.89 Å². The third kappa shape index (κ3) is 2.64. The van der Waals surface area contributed by atoms with Crippen LogP contribution >= 0.6 is 0 Å². The molecule has 3 aromatic rings. The van der Waals surface area contributed by atoms with Crippen molar-refractivity contribution in [1.29, 1.82) is 0 Å². The Morgan fingerprint density at radius 3 is 3.00 bits per heavy atom. The Kier molecular flexibility index (Phi) is 3.41. The lowest BCUT2D eigenvalue weighted by atomic mass is 10.1. The molecule has 106 valence electrons. The topological polar surface area (TPSA) is 83.8 Å². The Labute approximate surface area is 122 Å². The average molecular weight is 280 g/mol. The van der Waals surface area contributed by atoms with E-state index in [-0.39, 0.29) is 5.91 Å².